The highest BCUT2D eigenvalue weighted by Crippen LogP contribution is 2.42. The van der Waals surface area contributed by atoms with Crippen LogP contribution in [0.25, 0.3) is 11.1 Å². The Morgan fingerprint density at radius 1 is 1.32 bits per heavy atom. The normalized spacial score (nSPS) is 18.7. The molecule has 0 amide bonds. The average Bonchev–Trinajstić information content (AvgIpc) is 3.28. The lowest BCUT2D eigenvalue weighted by Gasteiger charge is -2.05. The first-order valence-corrected chi connectivity index (χ1v) is 6.55. The minimum absolute atomic E-state index is 0.182. The first kappa shape index (κ1) is 10.8. The highest BCUT2D eigenvalue weighted by molar-refractivity contribution is 5.94. The molecule has 0 radical (unpaired) electrons. The Labute approximate surface area is 109 Å². The summed E-state index contributed by atoms with van der Waals surface area (Å²) in [5.41, 5.74) is 1.35. The average molecular weight is 259 g/mol. The van der Waals surface area contributed by atoms with Crippen molar-refractivity contribution in [3.05, 3.63) is 23.6 Å². The minimum Gasteiger partial charge on any atom is -0.488 e. The molecule has 19 heavy (non-hydrogen) atoms. The number of hydrogen-bond donors (Lipinski definition) is 1. The maximum atomic E-state index is 11.1. The number of aromatic nitrogens is 1. The van der Waals surface area contributed by atoms with Gasteiger partial charge in [0.25, 0.3) is 0 Å². The van der Waals surface area contributed by atoms with Gasteiger partial charge in [0.15, 0.2) is 17.0 Å². The summed E-state index contributed by atoms with van der Waals surface area (Å²) in [6.45, 7) is 0. The molecule has 0 spiro atoms. The van der Waals surface area contributed by atoms with Crippen molar-refractivity contribution in [1.82, 2.24) is 4.98 Å². The van der Waals surface area contributed by atoms with Crippen LogP contribution >= 0.6 is 0 Å². The molecule has 1 aromatic heterocycles. The van der Waals surface area contributed by atoms with E-state index in [2.05, 4.69) is 4.98 Å². The molecule has 0 atom stereocenters. The fourth-order valence-electron chi connectivity index (χ4n) is 2.10. The summed E-state index contributed by atoms with van der Waals surface area (Å²) in [4.78, 5) is 15.6. The van der Waals surface area contributed by atoms with Crippen LogP contribution in [-0.2, 0) is 0 Å². The molecule has 5 heteroatoms. The molecule has 2 aromatic rings. The van der Waals surface area contributed by atoms with Crippen molar-refractivity contribution < 1.29 is 19.1 Å². The van der Waals surface area contributed by atoms with E-state index >= 15 is 0 Å². The van der Waals surface area contributed by atoms with Gasteiger partial charge in [0.1, 0.15) is 5.75 Å². The molecule has 0 bridgehead atoms. The Morgan fingerprint density at radius 3 is 2.74 bits per heavy atom. The fraction of sp³-hybridized carbons (Fsp3) is 0.429. The molecule has 2 aliphatic rings. The van der Waals surface area contributed by atoms with Gasteiger partial charge in [-0.15, -0.1) is 0 Å². The van der Waals surface area contributed by atoms with Crippen LogP contribution in [0.15, 0.2) is 16.5 Å². The van der Waals surface area contributed by atoms with E-state index in [0.717, 1.165) is 25.7 Å². The van der Waals surface area contributed by atoms with Crippen molar-refractivity contribution in [1.29, 1.82) is 0 Å². The Morgan fingerprint density at radius 2 is 2.11 bits per heavy atom. The van der Waals surface area contributed by atoms with Crippen LogP contribution in [0.1, 0.15) is 47.8 Å². The Hall–Kier alpha value is -2.04. The second-order valence-electron chi connectivity index (χ2n) is 5.27. The SMILES string of the molecule is O=C(O)c1cc(OC2CC2)c2nc(C3CC3)oc2c1. The summed E-state index contributed by atoms with van der Waals surface area (Å²) < 4.78 is 11.4. The van der Waals surface area contributed by atoms with Gasteiger partial charge in [0.05, 0.1) is 11.7 Å². The summed E-state index contributed by atoms with van der Waals surface area (Å²) >= 11 is 0. The number of benzene rings is 1. The molecule has 2 aliphatic carbocycles. The summed E-state index contributed by atoms with van der Waals surface area (Å²) in [6.07, 6.45) is 4.43. The Kier molecular flexibility index (Phi) is 2.13. The van der Waals surface area contributed by atoms with Crippen LogP contribution < -0.4 is 4.74 Å². The van der Waals surface area contributed by atoms with Crippen LogP contribution in [0.2, 0.25) is 0 Å². The zero-order valence-corrected chi connectivity index (χ0v) is 10.3. The van der Waals surface area contributed by atoms with Gasteiger partial charge in [-0.2, -0.15) is 0 Å². The molecule has 98 valence electrons. The van der Waals surface area contributed by atoms with E-state index in [0.29, 0.717) is 28.7 Å². The van der Waals surface area contributed by atoms with Crippen molar-refractivity contribution in [3.8, 4) is 5.75 Å². The molecular weight excluding hydrogens is 246 g/mol. The predicted molar refractivity (Wildman–Crippen MR) is 66.6 cm³/mol. The third-order valence-corrected chi connectivity index (χ3v) is 3.47. The van der Waals surface area contributed by atoms with Crippen LogP contribution in [-0.4, -0.2) is 22.2 Å². The molecular formula is C14H13NO4. The van der Waals surface area contributed by atoms with Gasteiger partial charge in [-0.05, 0) is 37.8 Å². The van der Waals surface area contributed by atoms with E-state index in [-0.39, 0.29) is 11.7 Å². The van der Waals surface area contributed by atoms with E-state index < -0.39 is 5.97 Å². The number of carboxylic acids is 1. The molecule has 1 heterocycles. The third kappa shape index (κ3) is 1.95. The maximum absolute atomic E-state index is 11.1. The molecule has 2 saturated carbocycles. The lowest BCUT2D eigenvalue weighted by Crippen LogP contribution is -2.01. The van der Waals surface area contributed by atoms with Gasteiger partial charge < -0.3 is 14.3 Å². The number of nitrogens with zero attached hydrogens (tertiary/aromatic N) is 1. The zero-order chi connectivity index (χ0) is 13.0. The molecule has 5 nitrogen and oxygen atoms in total. The van der Waals surface area contributed by atoms with Crippen LogP contribution in [0.4, 0.5) is 0 Å². The first-order chi connectivity index (χ1) is 9.20. The molecule has 0 aliphatic heterocycles. The van der Waals surface area contributed by atoms with Gasteiger partial charge in [-0.1, -0.05) is 0 Å². The smallest absolute Gasteiger partial charge is 0.335 e. The Balaban J connectivity index is 1.85. The standard InChI is InChI=1S/C14H13NO4/c16-14(17)8-5-10(18-9-3-4-9)12-11(6-8)19-13(15-12)7-1-2-7/h5-7,9H,1-4H2,(H,16,17). The monoisotopic (exact) mass is 259 g/mol. The van der Waals surface area contributed by atoms with Crippen LogP contribution in [0.3, 0.4) is 0 Å². The van der Waals surface area contributed by atoms with E-state index in [1.807, 2.05) is 0 Å². The molecule has 4 rings (SSSR count). The fourth-order valence-corrected chi connectivity index (χ4v) is 2.10. The van der Waals surface area contributed by atoms with Gasteiger partial charge in [-0.3, -0.25) is 0 Å². The van der Waals surface area contributed by atoms with Gasteiger partial charge in [0, 0.05) is 5.92 Å². The number of rotatable bonds is 4. The largest absolute Gasteiger partial charge is 0.488 e. The van der Waals surface area contributed by atoms with Crippen molar-refractivity contribution in [2.45, 2.75) is 37.7 Å². The number of carbonyl (C=O) groups is 1. The lowest BCUT2D eigenvalue weighted by atomic mass is 10.2. The summed E-state index contributed by atoms with van der Waals surface area (Å²) in [5.74, 6) is 0.660. The van der Waals surface area contributed by atoms with Crippen molar-refractivity contribution >= 4 is 17.1 Å². The first-order valence-electron chi connectivity index (χ1n) is 6.55. The molecule has 0 saturated heterocycles. The van der Waals surface area contributed by atoms with Gasteiger partial charge in [0.2, 0.25) is 0 Å². The maximum Gasteiger partial charge on any atom is 0.335 e. The van der Waals surface area contributed by atoms with Crippen molar-refractivity contribution in [2.75, 3.05) is 0 Å². The number of fused-ring (bicyclic) bond motifs is 1. The summed E-state index contributed by atoms with van der Waals surface area (Å²) in [7, 11) is 0. The summed E-state index contributed by atoms with van der Waals surface area (Å²) in [5, 5.41) is 9.13. The molecule has 0 unspecified atom stereocenters. The second kappa shape index (κ2) is 3.73. The number of aromatic carboxylic acids is 1. The molecule has 1 aromatic carbocycles. The van der Waals surface area contributed by atoms with Gasteiger partial charge in [-0.25, -0.2) is 9.78 Å². The van der Waals surface area contributed by atoms with E-state index in [1.165, 1.54) is 6.07 Å². The Bertz CT molecular complexity index is 667. The lowest BCUT2D eigenvalue weighted by molar-refractivity contribution is 0.0696. The predicted octanol–water partition coefficient (Wildman–Crippen LogP) is 2.94. The van der Waals surface area contributed by atoms with Crippen LogP contribution in [0, 0.1) is 0 Å². The molecule has 2 fully saturated rings. The minimum atomic E-state index is -0.980. The van der Waals surface area contributed by atoms with Crippen molar-refractivity contribution in [2.24, 2.45) is 0 Å². The van der Waals surface area contributed by atoms with E-state index in [4.69, 9.17) is 14.3 Å². The number of ether oxygens (including phenoxy) is 1. The van der Waals surface area contributed by atoms with Crippen LogP contribution in [0.5, 0.6) is 5.75 Å². The highest BCUT2D eigenvalue weighted by Gasteiger charge is 2.31. The summed E-state index contributed by atoms with van der Waals surface area (Å²) in [6, 6.07) is 3.07. The molecule has 1 N–H and O–H groups in total. The second-order valence-corrected chi connectivity index (χ2v) is 5.27. The topological polar surface area (TPSA) is 72.6 Å². The quantitative estimate of drug-likeness (QED) is 0.913. The van der Waals surface area contributed by atoms with Gasteiger partial charge >= 0.3 is 5.97 Å². The number of hydrogen-bond acceptors (Lipinski definition) is 4. The number of carboxylic acid groups (broad SMARTS) is 1. The highest BCUT2D eigenvalue weighted by atomic mass is 16.5. The third-order valence-electron chi connectivity index (χ3n) is 3.47. The van der Waals surface area contributed by atoms with Crippen molar-refractivity contribution in [3.63, 3.8) is 0 Å². The zero-order valence-electron chi connectivity index (χ0n) is 10.3. The van der Waals surface area contributed by atoms with E-state index in [1.54, 1.807) is 6.07 Å². The number of oxazole rings is 1. The van der Waals surface area contributed by atoms with E-state index in [9.17, 15) is 4.79 Å².